The minimum Gasteiger partial charge on any atom is -0.294 e. The van der Waals surface area contributed by atoms with Crippen LogP contribution in [-0.4, -0.2) is 34.5 Å². The van der Waals surface area contributed by atoms with E-state index in [0.717, 1.165) is 23.5 Å². The molecule has 2 unspecified atom stereocenters. The lowest BCUT2D eigenvalue weighted by molar-refractivity contribution is 0.0894. The highest BCUT2D eigenvalue weighted by atomic mass is 32.2. The van der Waals surface area contributed by atoms with Gasteiger partial charge < -0.3 is 0 Å². The molecule has 1 aromatic heterocycles. The third-order valence-electron chi connectivity index (χ3n) is 5.83. The summed E-state index contributed by atoms with van der Waals surface area (Å²) in [6.07, 6.45) is 3.31. The maximum atomic E-state index is 13.1. The largest absolute Gasteiger partial charge is 0.294 e. The van der Waals surface area contributed by atoms with E-state index >= 15 is 0 Å². The highest BCUT2D eigenvalue weighted by Crippen LogP contribution is 2.40. The Balaban J connectivity index is 1.61. The topological polar surface area (TPSA) is 69.0 Å². The number of sulfone groups is 1. The molecule has 4 rings (SSSR count). The van der Waals surface area contributed by atoms with Crippen molar-refractivity contribution in [3.63, 3.8) is 0 Å². The SMILES string of the molecule is Cc1cc(C)n(-c2cccc(C(=O)C3CC4CCCC(C3)S4(=O)=O)c2)n1. The van der Waals surface area contributed by atoms with E-state index in [4.69, 9.17) is 0 Å². The molecule has 2 saturated heterocycles. The molecule has 6 heteroatoms. The predicted molar refractivity (Wildman–Crippen MR) is 100 cm³/mol. The quantitative estimate of drug-likeness (QED) is 0.774. The van der Waals surface area contributed by atoms with Crippen molar-refractivity contribution in [3.8, 4) is 5.69 Å². The Morgan fingerprint density at radius 1 is 1.12 bits per heavy atom. The van der Waals surface area contributed by atoms with Crippen molar-refractivity contribution in [2.75, 3.05) is 0 Å². The summed E-state index contributed by atoms with van der Waals surface area (Å²) in [6, 6.07) is 9.52. The molecule has 0 N–H and O–H groups in total. The molecule has 26 heavy (non-hydrogen) atoms. The van der Waals surface area contributed by atoms with Crippen LogP contribution >= 0.6 is 0 Å². The van der Waals surface area contributed by atoms with Crippen LogP contribution in [0.2, 0.25) is 0 Å². The molecule has 2 aliphatic heterocycles. The molecule has 2 bridgehead atoms. The van der Waals surface area contributed by atoms with Crippen molar-refractivity contribution in [2.45, 2.75) is 56.5 Å². The number of ketones is 1. The van der Waals surface area contributed by atoms with E-state index in [1.807, 2.05) is 48.9 Å². The van der Waals surface area contributed by atoms with Gasteiger partial charge in [-0.25, -0.2) is 13.1 Å². The zero-order chi connectivity index (χ0) is 18.5. The van der Waals surface area contributed by atoms with E-state index < -0.39 is 9.84 Å². The fourth-order valence-corrected chi connectivity index (χ4v) is 7.08. The molecule has 2 aromatic rings. The zero-order valence-electron chi connectivity index (χ0n) is 15.2. The summed E-state index contributed by atoms with van der Waals surface area (Å²) >= 11 is 0. The summed E-state index contributed by atoms with van der Waals surface area (Å²) in [5, 5.41) is 3.82. The molecular formula is C20H24N2O3S. The summed E-state index contributed by atoms with van der Waals surface area (Å²) < 4.78 is 26.8. The number of carbonyl (C=O) groups excluding carboxylic acids is 1. The Bertz CT molecular complexity index is 941. The molecule has 1 aromatic carbocycles. The van der Waals surface area contributed by atoms with Gasteiger partial charge in [0.25, 0.3) is 0 Å². The van der Waals surface area contributed by atoms with E-state index in [1.165, 1.54) is 0 Å². The Morgan fingerprint density at radius 3 is 2.42 bits per heavy atom. The van der Waals surface area contributed by atoms with Gasteiger partial charge in [-0.15, -0.1) is 0 Å². The molecule has 0 radical (unpaired) electrons. The molecule has 0 spiro atoms. The molecule has 2 aliphatic rings. The van der Waals surface area contributed by atoms with Gasteiger partial charge in [-0.2, -0.15) is 5.10 Å². The van der Waals surface area contributed by atoms with Crippen LogP contribution in [0.3, 0.4) is 0 Å². The number of carbonyl (C=O) groups is 1. The molecule has 0 amide bonds. The first-order chi connectivity index (χ1) is 12.4. The number of hydrogen-bond acceptors (Lipinski definition) is 4. The third kappa shape index (κ3) is 2.90. The molecule has 5 nitrogen and oxygen atoms in total. The van der Waals surface area contributed by atoms with Gasteiger partial charge in [-0.1, -0.05) is 18.6 Å². The second-order valence-electron chi connectivity index (χ2n) is 7.69. The first kappa shape index (κ1) is 17.5. The minimum atomic E-state index is -3.03. The number of rotatable bonds is 3. The fraction of sp³-hybridized carbons (Fsp3) is 0.500. The summed E-state index contributed by atoms with van der Waals surface area (Å²) in [7, 11) is -3.03. The van der Waals surface area contributed by atoms with Gasteiger partial charge in [0.2, 0.25) is 0 Å². The van der Waals surface area contributed by atoms with Crippen LogP contribution in [0.4, 0.5) is 0 Å². The Hall–Kier alpha value is -1.95. The van der Waals surface area contributed by atoms with Crippen LogP contribution in [0.5, 0.6) is 0 Å². The van der Waals surface area contributed by atoms with Crippen LogP contribution in [0.15, 0.2) is 30.3 Å². The van der Waals surface area contributed by atoms with E-state index in [2.05, 4.69) is 5.10 Å². The maximum Gasteiger partial charge on any atom is 0.166 e. The van der Waals surface area contributed by atoms with E-state index in [-0.39, 0.29) is 22.2 Å². The van der Waals surface area contributed by atoms with Gasteiger partial charge in [-0.05, 0) is 57.7 Å². The number of nitrogens with zero attached hydrogens (tertiary/aromatic N) is 2. The van der Waals surface area contributed by atoms with E-state index in [0.29, 0.717) is 31.2 Å². The number of benzene rings is 1. The summed E-state index contributed by atoms with van der Waals surface area (Å²) in [5.41, 5.74) is 3.47. The molecule has 3 heterocycles. The van der Waals surface area contributed by atoms with Crippen molar-refractivity contribution < 1.29 is 13.2 Å². The molecule has 0 saturated carbocycles. The lowest BCUT2D eigenvalue weighted by Gasteiger charge is -2.38. The van der Waals surface area contributed by atoms with Gasteiger partial charge >= 0.3 is 0 Å². The monoisotopic (exact) mass is 372 g/mol. The molecular weight excluding hydrogens is 348 g/mol. The number of fused-ring (bicyclic) bond motifs is 2. The third-order valence-corrected chi connectivity index (χ3v) is 8.55. The smallest absolute Gasteiger partial charge is 0.166 e. The van der Waals surface area contributed by atoms with Crippen molar-refractivity contribution in [2.24, 2.45) is 5.92 Å². The standard InChI is InChI=1S/C20H24N2O3S/c1-13-9-14(2)22(21-13)17-6-3-5-15(10-17)20(23)16-11-18-7-4-8-19(12-16)26(18,24)25/h3,5-6,9-10,16,18-19H,4,7-8,11-12H2,1-2H3. The number of aryl methyl sites for hydroxylation is 2. The fourth-order valence-electron chi connectivity index (χ4n) is 4.54. The van der Waals surface area contributed by atoms with Gasteiger partial charge in [0.15, 0.2) is 15.6 Å². The maximum absolute atomic E-state index is 13.1. The summed E-state index contributed by atoms with van der Waals surface area (Å²) in [6.45, 7) is 3.93. The number of aromatic nitrogens is 2. The highest BCUT2D eigenvalue weighted by Gasteiger charge is 2.46. The van der Waals surface area contributed by atoms with Crippen LogP contribution in [0.25, 0.3) is 5.69 Å². The zero-order valence-corrected chi connectivity index (χ0v) is 16.0. The van der Waals surface area contributed by atoms with Crippen LogP contribution in [0, 0.1) is 19.8 Å². The normalized spacial score (nSPS) is 27.2. The van der Waals surface area contributed by atoms with E-state index in [9.17, 15) is 13.2 Å². The molecule has 0 aliphatic carbocycles. The Kier molecular flexibility index (Phi) is 4.26. The molecule has 138 valence electrons. The van der Waals surface area contributed by atoms with Gasteiger partial charge in [0, 0.05) is 17.2 Å². The lowest BCUT2D eigenvalue weighted by atomic mass is 9.84. The Labute approximate surface area is 154 Å². The van der Waals surface area contributed by atoms with Crippen molar-refractivity contribution in [3.05, 3.63) is 47.3 Å². The van der Waals surface area contributed by atoms with Crippen LogP contribution in [0.1, 0.15) is 53.8 Å². The average molecular weight is 372 g/mol. The Morgan fingerprint density at radius 2 is 1.81 bits per heavy atom. The molecule has 2 fully saturated rings. The predicted octanol–water partition coefficient (Wildman–Crippen LogP) is 3.42. The second-order valence-corrected chi connectivity index (χ2v) is 10.2. The van der Waals surface area contributed by atoms with Crippen molar-refractivity contribution >= 4 is 15.6 Å². The van der Waals surface area contributed by atoms with Gasteiger partial charge in [-0.3, -0.25) is 4.79 Å². The van der Waals surface area contributed by atoms with Gasteiger partial charge in [0.05, 0.1) is 21.9 Å². The second kappa shape index (κ2) is 6.34. The molecule has 2 atom stereocenters. The average Bonchev–Trinajstić information content (AvgIpc) is 2.92. The van der Waals surface area contributed by atoms with Crippen LogP contribution < -0.4 is 0 Å². The first-order valence-corrected chi connectivity index (χ1v) is 10.9. The van der Waals surface area contributed by atoms with E-state index in [1.54, 1.807) is 0 Å². The summed E-state index contributed by atoms with van der Waals surface area (Å²) in [4.78, 5) is 13.1. The van der Waals surface area contributed by atoms with Crippen molar-refractivity contribution in [1.82, 2.24) is 9.78 Å². The van der Waals surface area contributed by atoms with Gasteiger partial charge in [0.1, 0.15) is 0 Å². The first-order valence-electron chi connectivity index (χ1n) is 9.27. The van der Waals surface area contributed by atoms with Crippen LogP contribution in [-0.2, 0) is 9.84 Å². The highest BCUT2D eigenvalue weighted by molar-refractivity contribution is 7.92. The van der Waals surface area contributed by atoms with Crippen molar-refractivity contribution in [1.29, 1.82) is 0 Å². The minimum absolute atomic E-state index is 0.0696. The summed E-state index contributed by atoms with van der Waals surface area (Å²) in [5.74, 6) is -0.121. The number of Topliss-reactive ketones (excluding diaryl/α,β-unsaturated/α-hetero) is 1. The number of hydrogen-bond donors (Lipinski definition) is 0. The lowest BCUT2D eigenvalue weighted by Crippen LogP contribution is -2.45.